The number of aliphatic hydroxyl groups is 1. The summed E-state index contributed by atoms with van der Waals surface area (Å²) in [5, 5.41) is 10.3. The summed E-state index contributed by atoms with van der Waals surface area (Å²) in [5.74, 6) is 0.845. The monoisotopic (exact) mass is 568 g/mol. The molecule has 0 saturated heterocycles. The number of unbranched alkanes of at least 4 members (excludes halogenated alkanes) is 8. The van der Waals surface area contributed by atoms with Gasteiger partial charge in [-0.05, 0) is 30.7 Å². The van der Waals surface area contributed by atoms with Gasteiger partial charge in [-0.3, -0.25) is 0 Å². The van der Waals surface area contributed by atoms with Crippen LogP contribution in [0.1, 0.15) is 71.1 Å². The van der Waals surface area contributed by atoms with Gasteiger partial charge in [0.2, 0.25) is 3.57 Å². The summed E-state index contributed by atoms with van der Waals surface area (Å²) in [6.07, 6.45) is 11.6. The molecular weight excluding hydrogens is 534 g/mol. The first-order chi connectivity index (χ1) is 15.3. The Morgan fingerprint density at radius 1 is 0.781 bits per heavy atom. The molecule has 1 unspecified atom stereocenters. The number of hydrogen-bond acceptors (Lipinski definition) is 2. The van der Waals surface area contributed by atoms with Crippen LogP contribution in [0.25, 0.3) is 0 Å². The minimum Gasteiger partial charge on any atom is -0.460 e. The van der Waals surface area contributed by atoms with E-state index in [1.54, 1.807) is 0 Å². The molecule has 1 atom stereocenters. The highest BCUT2D eigenvalue weighted by molar-refractivity contribution is 6.50. The molecule has 32 heavy (non-hydrogen) atoms. The number of para-hydroxylation sites is 1. The average Bonchev–Trinajstić information content (AvgIpc) is 2.73. The standard InChI is InChI=1S/C24H34IO2.BF4/c1-2-3-4-5-6-7-8-9-13-20-24(26)27-23-19-15-14-18-22(23)25-21-16-11-10-12-17-21;2-1(3,4)5/h10-12,14-19,24,26H,2-9,13,20H2,1H3;/q+1;-1. The van der Waals surface area contributed by atoms with Crippen molar-refractivity contribution in [2.45, 2.75) is 77.4 Å². The van der Waals surface area contributed by atoms with E-state index in [0.717, 1.165) is 12.2 Å². The summed E-state index contributed by atoms with van der Waals surface area (Å²) in [7, 11) is -6.00. The molecule has 8 heteroatoms. The maximum atomic E-state index is 10.3. The first-order valence-electron chi connectivity index (χ1n) is 11.3. The van der Waals surface area contributed by atoms with Crippen LogP contribution in [0.5, 0.6) is 5.75 Å². The predicted molar refractivity (Wildman–Crippen MR) is 119 cm³/mol. The minimum absolute atomic E-state index is 0.290. The lowest BCUT2D eigenvalue weighted by molar-refractivity contribution is -0.598. The molecule has 1 N–H and O–H groups in total. The largest absolute Gasteiger partial charge is 0.673 e. The molecule has 0 fully saturated rings. The van der Waals surface area contributed by atoms with Crippen molar-refractivity contribution in [3.8, 4) is 5.75 Å². The van der Waals surface area contributed by atoms with Gasteiger partial charge in [0.1, 0.15) is 0 Å². The zero-order chi connectivity index (χ0) is 23.7. The normalized spacial score (nSPS) is 12.1. The zero-order valence-electron chi connectivity index (χ0n) is 18.7. The molecule has 2 aromatic carbocycles. The van der Waals surface area contributed by atoms with Gasteiger partial charge in [-0.25, -0.2) is 0 Å². The molecule has 0 bridgehead atoms. The Kier molecular flexibility index (Phi) is 15.5. The lowest BCUT2D eigenvalue weighted by Gasteiger charge is -2.13. The van der Waals surface area contributed by atoms with Gasteiger partial charge >= 0.3 is 28.5 Å². The number of hydrogen-bond donors (Lipinski definition) is 1. The van der Waals surface area contributed by atoms with Crippen molar-refractivity contribution in [3.05, 3.63) is 61.7 Å². The Labute approximate surface area is 200 Å². The molecule has 0 amide bonds. The Hall–Kier alpha value is -1.29. The maximum Gasteiger partial charge on any atom is 0.673 e. The molecule has 2 aromatic rings. The van der Waals surface area contributed by atoms with Gasteiger partial charge in [0.05, 0.1) is 0 Å². The molecule has 0 aliphatic carbocycles. The Morgan fingerprint density at radius 3 is 1.88 bits per heavy atom. The Balaban J connectivity index is 0.000000920. The molecule has 0 aliphatic heterocycles. The molecule has 0 aromatic heterocycles. The molecule has 0 spiro atoms. The molecule has 0 radical (unpaired) electrons. The van der Waals surface area contributed by atoms with E-state index < -0.39 is 13.5 Å². The third kappa shape index (κ3) is 16.4. The fraction of sp³-hybridized carbons (Fsp3) is 0.500. The second kappa shape index (κ2) is 17.2. The van der Waals surface area contributed by atoms with Crippen molar-refractivity contribution in [2.75, 3.05) is 0 Å². The summed E-state index contributed by atoms with van der Waals surface area (Å²) < 4.78 is 47.5. The van der Waals surface area contributed by atoms with Crippen LogP contribution in [-0.2, 0) is 0 Å². The molecular formula is C24H34BF4IO2. The van der Waals surface area contributed by atoms with Crippen LogP contribution < -0.4 is 25.9 Å². The quantitative estimate of drug-likeness (QED) is 0.118. The highest BCUT2D eigenvalue weighted by Gasteiger charge is 2.22. The number of rotatable bonds is 14. The van der Waals surface area contributed by atoms with Crippen LogP contribution in [-0.4, -0.2) is 18.7 Å². The number of halogens is 5. The maximum absolute atomic E-state index is 10.3. The Morgan fingerprint density at radius 2 is 1.28 bits per heavy atom. The third-order valence-electron chi connectivity index (χ3n) is 4.60. The van der Waals surface area contributed by atoms with Crippen molar-refractivity contribution in [1.29, 1.82) is 0 Å². The highest BCUT2D eigenvalue weighted by atomic mass is 127. The van der Waals surface area contributed by atoms with Crippen molar-refractivity contribution >= 4 is 7.25 Å². The van der Waals surface area contributed by atoms with Crippen molar-refractivity contribution < 1.29 is 48.3 Å². The first kappa shape index (κ1) is 28.7. The van der Waals surface area contributed by atoms with Gasteiger partial charge in [-0.2, -0.15) is 0 Å². The van der Waals surface area contributed by atoms with E-state index >= 15 is 0 Å². The van der Waals surface area contributed by atoms with Crippen LogP contribution in [0, 0.1) is 7.14 Å². The van der Waals surface area contributed by atoms with Gasteiger partial charge in [-0.1, -0.05) is 88.6 Å². The van der Waals surface area contributed by atoms with E-state index in [4.69, 9.17) is 4.74 Å². The number of benzene rings is 2. The number of aliphatic hydroxyl groups excluding tert-OH is 1. The van der Waals surface area contributed by atoms with Gasteiger partial charge in [-0.15, -0.1) is 0 Å². The van der Waals surface area contributed by atoms with Crippen molar-refractivity contribution in [1.82, 2.24) is 0 Å². The smallest absolute Gasteiger partial charge is 0.460 e. The fourth-order valence-electron chi connectivity index (χ4n) is 3.05. The van der Waals surface area contributed by atoms with E-state index in [1.807, 2.05) is 18.2 Å². The second-order valence-electron chi connectivity index (χ2n) is 7.50. The second-order valence-corrected chi connectivity index (χ2v) is 10.5. The zero-order valence-corrected chi connectivity index (χ0v) is 20.8. The molecule has 0 saturated carbocycles. The van der Waals surface area contributed by atoms with E-state index in [0.29, 0.717) is 6.42 Å². The van der Waals surface area contributed by atoms with Gasteiger partial charge in [0, 0.05) is 6.42 Å². The van der Waals surface area contributed by atoms with Crippen LogP contribution in [0.15, 0.2) is 54.6 Å². The lowest BCUT2D eigenvalue weighted by Crippen LogP contribution is -3.61. The van der Waals surface area contributed by atoms with Crippen LogP contribution in [0.2, 0.25) is 0 Å². The summed E-state index contributed by atoms with van der Waals surface area (Å²) in [5.41, 5.74) is 0. The summed E-state index contributed by atoms with van der Waals surface area (Å²) >= 11 is -0.290. The van der Waals surface area contributed by atoms with Crippen molar-refractivity contribution in [3.63, 3.8) is 0 Å². The molecule has 2 nitrogen and oxygen atoms in total. The molecule has 0 aliphatic rings. The van der Waals surface area contributed by atoms with Crippen LogP contribution in [0.4, 0.5) is 17.3 Å². The first-order valence-corrected chi connectivity index (χ1v) is 13.5. The van der Waals surface area contributed by atoms with E-state index in [-0.39, 0.29) is 21.2 Å². The van der Waals surface area contributed by atoms with Crippen molar-refractivity contribution in [2.24, 2.45) is 0 Å². The SMILES string of the molecule is CCCCCCCCCCCC(O)Oc1ccccc1[I+]c1ccccc1.F[B-](F)(F)F. The fourth-order valence-corrected chi connectivity index (χ4v) is 5.45. The third-order valence-corrected chi connectivity index (χ3v) is 7.41. The summed E-state index contributed by atoms with van der Waals surface area (Å²) in [6.45, 7) is 2.26. The molecule has 0 heterocycles. The van der Waals surface area contributed by atoms with Gasteiger partial charge in [0.15, 0.2) is 15.6 Å². The molecule has 180 valence electrons. The van der Waals surface area contributed by atoms with Gasteiger partial charge < -0.3 is 27.1 Å². The van der Waals surface area contributed by atoms with Crippen LogP contribution >= 0.6 is 0 Å². The Bertz CT molecular complexity index is 711. The topological polar surface area (TPSA) is 29.5 Å². The predicted octanol–water partition coefficient (Wildman–Crippen LogP) is 4.73. The van der Waals surface area contributed by atoms with E-state index in [2.05, 4.69) is 43.3 Å². The summed E-state index contributed by atoms with van der Waals surface area (Å²) in [6, 6.07) is 18.7. The minimum atomic E-state index is -6.00. The van der Waals surface area contributed by atoms with Crippen LogP contribution in [0.3, 0.4) is 0 Å². The highest BCUT2D eigenvalue weighted by Crippen LogP contribution is 2.15. The van der Waals surface area contributed by atoms with E-state index in [9.17, 15) is 22.4 Å². The summed E-state index contributed by atoms with van der Waals surface area (Å²) in [4.78, 5) is 0. The lowest BCUT2D eigenvalue weighted by atomic mass is 10.1. The van der Waals surface area contributed by atoms with Gasteiger partial charge in [0.25, 0.3) is 0 Å². The van der Waals surface area contributed by atoms with E-state index in [1.165, 1.54) is 58.5 Å². The number of ether oxygens (including phenoxy) is 1. The molecule has 2 rings (SSSR count). The average molecular weight is 568 g/mol.